The molecule has 0 aromatic rings. The summed E-state index contributed by atoms with van der Waals surface area (Å²) in [6, 6.07) is 0. The van der Waals surface area contributed by atoms with E-state index >= 15 is 0 Å². The minimum absolute atomic E-state index is 0.119. The third-order valence-electron chi connectivity index (χ3n) is 1.67. The van der Waals surface area contributed by atoms with E-state index in [9.17, 15) is 4.79 Å². The Kier molecular flexibility index (Phi) is 3.37. The number of Topliss-reactive ketones (excluding diaryl/α,β-unsaturated/α-hetero) is 1. The van der Waals surface area contributed by atoms with Gasteiger partial charge in [-0.25, -0.2) is 0 Å². The number of hydrogen-bond acceptors (Lipinski definition) is 1. The zero-order chi connectivity index (χ0) is 8.10. The first-order chi connectivity index (χ1) is 5.33. The lowest BCUT2D eigenvalue weighted by atomic mass is 10.0. The lowest BCUT2D eigenvalue weighted by Crippen LogP contribution is -2.01. The SMILES string of the molecule is O=C(CCl)CC1=CC=CCC1. The molecule has 0 heterocycles. The third kappa shape index (κ3) is 2.89. The Morgan fingerprint density at radius 3 is 3.00 bits per heavy atom. The van der Waals surface area contributed by atoms with Crippen molar-refractivity contribution in [2.45, 2.75) is 19.3 Å². The first kappa shape index (κ1) is 8.54. The molecule has 1 rings (SSSR count). The first-order valence-corrected chi connectivity index (χ1v) is 4.28. The predicted octanol–water partition coefficient (Wildman–Crippen LogP) is 2.46. The molecular formula is C9H11ClO. The van der Waals surface area contributed by atoms with Crippen molar-refractivity contribution in [1.29, 1.82) is 0 Å². The van der Waals surface area contributed by atoms with E-state index < -0.39 is 0 Å². The van der Waals surface area contributed by atoms with Crippen molar-refractivity contribution >= 4 is 17.4 Å². The van der Waals surface area contributed by atoms with Crippen molar-refractivity contribution in [3.8, 4) is 0 Å². The Morgan fingerprint density at radius 2 is 2.45 bits per heavy atom. The highest BCUT2D eigenvalue weighted by molar-refractivity contribution is 6.27. The van der Waals surface area contributed by atoms with Crippen molar-refractivity contribution in [2.24, 2.45) is 0 Å². The maximum atomic E-state index is 10.9. The number of alkyl halides is 1. The summed E-state index contributed by atoms with van der Waals surface area (Å²) < 4.78 is 0. The maximum absolute atomic E-state index is 10.9. The molecule has 11 heavy (non-hydrogen) atoms. The molecule has 0 aromatic carbocycles. The Hall–Kier alpha value is -0.560. The van der Waals surface area contributed by atoms with Crippen molar-refractivity contribution < 1.29 is 4.79 Å². The van der Waals surface area contributed by atoms with Crippen LogP contribution in [0, 0.1) is 0 Å². The summed E-state index contributed by atoms with van der Waals surface area (Å²) in [5, 5.41) is 0. The number of halogens is 1. The van der Waals surface area contributed by atoms with Crippen LogP contribution in [0.4, 0.5) is 0 Å². The van der Waals surface area contributed by atoms with Crippen molar-refractivity contribution in [3.05, 3.63) is 23.8 Å². The third-order valence-corrected chi connectivity index (χ3v) is 1.97. The number of ketones is 1. The van der Waals surface area contributed by atoms with Crippen LogP contribution in [0.15, 0.2) is 23.8 Å². The fourth-order valence-electron chi connectivity index (χ4n) is 1.10. The predicted molar refractivity (Wildman–Crippen MR) is 46.8 cm³/mol. The molecular weight excluding hydrogens is 160 g/mol. The van der Waals surface area contributed by atoms with Crippen LogP contribution in [-0.2, 0) is 4.79 Å². The first-order valence-electron chi connectivity index (χ1n) is 3.75. The van der Waals surface area contributed by atoms with E-state index in [1.807, 2.05) is 12.2 Å². The second-order valence-electron chi connectivity index (χ2n) is 2.64. The molecule has 0 spiro atoms. The minimum Gasteiger partial charge on any atom is -0.298 e. The van der Waals surface area contributed by atoms with Crippen LogP contribution in [0.2, 0.25) is 0 Å². The maximum Gasteiger partial charge on any atom is 0.151 e. The van der Waals surface area contributed by atoms with Crippen molar-refractivity contribution in [2.75, 3.05) is 5.88 Å². The molecule has 0 N–H and O–H groups in total. The molecule has 0 saturated heterocycles. The van der Waals surface area contributed by atoms with Crippen LogP contribution in [0.5, 0.6) is 0 Å². The quantitative estimate of drug-likeness (QED) is 0.595. The summed E-state index contributed by atoms with van der Waals surface area (Å²) in [6.07, 6.45) is 8.72. The molecule has 2 heteroatoms. The molecule has 0 atom stereocenters. The van der Waals surface area contributed by atoms with Crippen LogP contribution in [-0.4, -0.2) is 11.7 Å². The molecule has 0 unspecified atom stereocenters. The van der Waals surface area contributed by atoms with Gasteiger partial charge in [0.1, 0.15) is 0 Å². The summed E-state index contributed by atoms with van der Waals surface area (Å²) in [5.74, 6) is 0.259. The normalized spacial score (nSPS) is 16.3. The Bertz CT molecular complexity index is 204. The van der Waals surface area contributed by atoms with E-state index in [-0.39, 0.29) is 11.7 Å². The van der Waals surface area contributed by atoms with Gasteiger partial charge in [-0.3, -0.25) is 4.79 Å². The van der Waals surface area contributed by atoms with Gasteiger partial charge < -0.3 is 0 Å². The highest BCUT2D eigenvalue weighted by Gasteiger charge is 2.04. The van der Waals surface area contributed by atoms with Gasteiger partial charge >= 0.3 is 0 Å². The summed E-state index contributed by atoms with van der Waals surface area (Å²) in [6.45, 7) is 0. The molecule has 0 aliphatic heterocycles. The average Bonchev–Trinajstić information content (AvgIpc) is 2.06. The fourth-order valence-corrected chi connectivity index (χ4v) is 1.19. The zero-order valence-corrected chi connectivity index (χ0v) is 7.10. The van der Waals surface area contributed by atoms with Crippen molar-refractivity contribution in [3.63, 3.8) is 0 Å². The molecule has 0 fully saturated rings. The highest BCUT2D eigenvalue weighted by atomic mass is 35.5. The molecule has 0 bridgehead atoms. The largest absolute Gasteiger partial charge is 0.298 e. The second kappa shape index (κ2) is 4.35. The molecule has 0 aromatic heterocycles. The van der Waals surface area contributed by atoms with Gasteiger partial charge in [-0.15, -0.1) is 11.6 Å². The van der Waals surface area contributed by atoms with Crippen LogP contribution in [0.3, 0.4) is 0 Å². The monoisotopic (exact) mass is 170 g/mol. The number of allylic oxidation sites excluding steroid dienone is 4. The van der Waals surface area contributed by atoms with Crippen LogP contribution < -0.4 is 0 Å². The highest BCUT2D eigenvalue weighted by Crippen LogP contribution is 2.15. The fraction of sp³-hybridized carbons (Fsp3) is 0.444. The van der Waals surface area contributed by atoms with E-state index in [2.05, 4.69) is 6.08 Å². The van der Waals surface area contributed by atoms with E-state index in [1.54, 1.807) is 0 Å². The summed E-state index contributed by atoms with van der Waals surface area (Å²) in [4.78, 5) is 10.9. The van der Waals surface area contributed by atoms with Gasteiger partial charge in [-0.1, -0.05) is 23.8 Å². The Morgan fingerprint density at radius 1 is 1.64 bits per heavy atom. The van der Waals surface area contributed by atoms with Gasteiger partial charge in [0.15, 0.2) is 5.78 Å². The number of carbonyl (C=O) groups is 1. The lowest BCUT2D eigenvalue weighted by molar-refractivity contribution is -0.116. The minimum atomic E-state index is 0.119. The Balaban J connectivity index is 2.42. The zero-order valence-electron chi connectivity index (χ0n) is 6.35. The molecule has 60 valence electrons. The van der Waals surface area contributed by atoms with E-state index in [0.717, 1.165) is 12.8 Å². The van der Waals surface area contributed by atoms with Gasteiger partial charge in [0.05, 0.1) is 5.88 Å². The summed E-state index contributed by atoms with van der Waals surface area (Å²) in [5.41, 5.74) is 1.21. The molecule has 1 aliphatic rings. The van der Waals surface area contributed by atoms with Gasteiger partial charge in [0.2, 0.25) is 0 Å². The van der Waals surface area contributed by atoms with Crippen LogP contribution >= 0.6 is 11.6 Å². The van der Waals surface area contributed by atoms with Crippen LogP contribution in [0.1, 0.15) is 19.3 Å². The second-order valence-corrected chi connectivity index (χ2v) is 2.91. The summed E-state index contributed by atoms with van der Waals surface area (Å²) in [7, 11) is 0. The Labute approximate surface area is 71.7 Å². The number of hydrogen-bond donors (Lipinski definition) is 0. The van der Waals surface area contributed by atoms with Gasteiger partial charge in [0.25, 0.3) is 0 Å². The van der Waals surface area contributed by atoms with Crippen molar-refractivity contribution in [1.82, 2.24) is 0 Å². The van der Waals surface area contributed by atoms with E-state index in [4.69, 9.17) is 11.6 Å². The molecule has 0 amide bonds. The molecule has 1 nitrogen and oxygen atoms in total. The molecule has 1 aliphatic carbocycles. The topological polar surface area (TPSA) is 17.1 Å². The van der Waals surface area contributed by atoms with E-state index in [1.165, 1.54) is 5.57 Å². The van der Waals surface area contributed by atoms with Gasteiger partial charge in [-0.2, -0.15) is 0 Å². The number of rotatable bonds is 3. The molecule has 0 radical (unpaired) electrons. The average molecular weight is 171 g/mol. The van der Waals surface area contributed by atoms with Crippen LogP contribution in [0.25, 0.3) is 0 Å². The lowest BCUT2D eigenvalue weighted by Gasteiger charge is -2.05. The molecule has 0 saturated carbocycles. The van der Waals surface area contributed by atoms with E-state index in [0.29, 0.717) is 6.42 Å². The van der Waals surface area contributed by atoms with Gasteiger partial charge in [-0.05, 0) is 12.8 Å². The summed E-state index contributed by atoms with van der Waals surface area (Å²) >= 11 is 5.38. The number of carbonyl (C=O) groups excluding carboxylic acids is 1. The van der Waals surface area contributed by atoms with Gasteiger partial charge in [0, 0.05) is 6.42 Å². The smallest absolute Gasteiger partial charge is 0.151 e. The standard InChI is InChI=1S/C9H11ClO/c10-7-9(11)6-8-4-2-1-3-5-8/h1-2,4H,3,5-7H2.